The van der Waals surface area contributed by atoms with Crippen LogP contribution in [0.1, 0.15) is 32.6 Å². The minimum Gasteiger partial charge on any atom is -0.481 e. The van der Waals surface area contributed by atoms with E-state index in [1.807, 2.05) is 0 Å². The van der Waals surface area contributed by atoms with E-state index in [9.17, 15) is 34.2 Å². The van der Waals surface area contributed by atoms with Gasteiger partial charge in [-0.05, 0) is 26.2 Å². The third-order valence-corrected chi connectivity index (χ3v) is 4.07. The van der Waals surface area contributed by atoms with E-state index in [1.165, 1.54) is 6.92 Å². The van der Waals surface area contributed by atoms with Crippen LogP contribution in [0.25, 0.3) is 0 Å². The first-order chi connectivity index (χ1) is 14.9. The molecule has 0 heterocycles. The maximum Gasteiger partial charge on any atom is 0.326 e. The van der Waals surface area contributed by atoms with Crippen LogP contribution in [0.5, 0.6) is 0 Å². The van der Waals surface area contributed by atoms with Crippen LogP contribution in [0.3, 0.4) is 0 Å². The third kappa shape index (κ3) is 11.7. The third-order valence-electron chi connectivity index (χ3n) is 4.07. The predicted molar refractivity (Wildman–Crippen MR) is 111 cm³/mol. The maximum atomic E-state index is 12.5. The lowest BCUT2D eigenvalue weighted by Gasteiger charge is -2.23. The Kier molecular flexibility index (Phi) is 13.0. The number of aliphatic hydroxyl groups excluding tert-OH is 1. The highest BCUT2D eigenvalue weighted by Crippen LogP contribution is 2.02. The Hall–Kier alpha value is -3.46. The number of guanidine groups is 1. The number of carboxylic acids is 2. The molecule has 0 aromatic heterocycles. The Morgan fingerprint density at radius 2 is 1.41 bits per heavy atom. The fourth-order valence-corrected chi connectivity index (χ4v) is 2.34. The minimum absolute atomic E-state index is 0.0321. The van der Waals surface area contributed by atoms with E-state index in [4.69, 9.17) is 22.3 Å². The van der Waals surface area contributed by atoms with Crippen LogP contribution >= 0.6 is 0 Å². The van der Waals surface area contributed by atoms with Crippen LogP contribution < -0.4 is 33.2 Å². The molecule has 0 aliphatic carbocycles. The van der Waals surface area contributed by atoms with Gasteiger partial charge in [-0.1, -0.05) is 0 Å². The summed E-state index contributed by atoms with van der Waals surface area (Å²) in [6, 6.07) is -5.23. The zero-order valence-corrected chi connectivity index (χ0v) is 17.6. The Morgan fingerprint density at radius 1 is 0.875 bits per heavy atom. The van der Waals surface area contributed by atoms with Crippen LogP contribution in [0.15, 0.2) is 4.99 Å². The van der Waals surface area contributed by atoms with Crippen molar-refractivity contribution in [3.63, 3.8) is 0 Å². The smallest absolute Gasteiger partial charge is 0.326 e. The molecular weight excluding hydrogens is 430 g/mol. The summed E-state index contributed by atoms with van der Waals surface area (Å²) in [6.07, 6.45) is -0.576. The highest BCUT2D eigenvalue weighted by atomic mass is 16.4. The minimum atomic E-state index is -1.55. The number of nitrogens with zero attached hydrogens (tertiary/aromatic N) is 1. The predicted octanol–water partition coefficient (Wildman–Crippen LogP) is -4.22. The van der Waals surface area contributed by atoms with E-state index in [0.717, 1.165) is 0 Å². The number of hydrogen-bond acceptors (Lipinski definition) is 8. The summed E-state index contributed by atoms with van der Waals surface area (Å²) in [5.41, 5.74) is 15.8. The van der Waals surface area contributed by atoms with Crippen molar-refractivity contribution in [2.45, 2.75) is 56.8 Å². The molecular formula is C17H31N7O8. The molecule has 0 spiro atoms. The Morgan fingerprint density at radius 3 is 1.88 bits per heavy atom. The van der Waals surface area contributed by atoms with Gasteiger partial charge in [0.15, 0.2) is 5.96 Å². The lowest BCUT2D eigenvalue weighted by molar-refractivity contribution is -0.142. The number of amides is 3. The quantitative estimate of drug-likeness (QED) is 0.0640. The number of nitrogens with two attached hydrogens (primary N) is 3. The van der Waals surface area contributed by atoms with Gasteiger partial charge in [0, 0.05) is 13.0 Å². The molecule has 0 bridgehead atoms. The summed E-state index contributed by atoms with van der Waals surface area (Å²) in [5.74, 6) is -5.42. The van der Waals surface area contributed by atoms with E-state index < -0.39 is 66.9 Å². The highest BCUT2D eigenvalue weighted by Gasteiger charge is 2.29. The number of rotatable bonds is 15. The molecule has 0 aliphatic rings. The molecule has 0 radical (unpaired) electrons. The Balaban J connectivity index is 5.13. The van der Waals surface area contributed by atoms with Crippen LogP contribution in [0.2, 0.25) is 0 Å². The number of carbonyl (C=O) groups is 5. The van der Waals surface area contributed by atoms with Crippen molar-refractivity contribution in [1.82, 2.24) is 16.0 Å². The average molecular weight is 461 g/mol. The summed E-state index contributed by atoms with van der Waals surface area (Å²) in [4.78, 5) is 62.5. The largest absolute Gasteiger partial charge is 0.481 e. The number of hydrogen-bond donors (Lipinski definition) is 9. The van der Waals surface area contributed by atoms with Gasteiger partial charge in [0.2, 0.25) is 17.7 Å². The molecule has 4 atom stereocenters. The molecule has 4 unspecified atom stereocenters. The van der Waals surface area contributed by atoms with Gasteiger partial charge in [0.1, 0.15) is 18.1 Å². The van der Waals surface area contributed by atoms with E-state index in [0.29, 0.717) is 0 Å². The second-order valence-corrected chi connectivity index (χ2v) is 6.87. The molecule has 15 heteroatoms. The van der Waals surface area contributed by atoms with E-state index >= 15 is 0 Å². The lowest BCUT2D eigenvalue weighted by Crippen LogP contribution is -2.58. The number of aliphatic imine (C=N–C) groups is 1. The van der Waals surface area contributed by atoms with Crippen LogP contribution in [-0.2, 0) is 24.0 Å². The van der Waals surface area contributed by atoms with Crippen molar-refractivity contribution >= 4 is 35.6 Å². The molecule has 12 N–H and O–H groups in total. The van der Waals surface area contributed by atoms with Crippen molar-refractivity contribution < 1.29 is 39.3 Å². The second-order valence-electron chi connectivity index (χ2n) is 6.87. The first kappa shape index (κ1) is 28.5. The first-order valence-corrected chi connectivity index (χ1v) is 9.66. The number of carbonyl (C=O) groups excluding carboxylic acids is 3. The summed E-state index contributed by atoms with van der Waals surface area (Å²) in [7, 11) is 0. The molecule has 0 saturated heterocycles. The van der Waals surface area contributed by atoms with Gasteiger partial charge >= 0.3 is 11.9 Å². The molecule has 32 heavy (non-hydrogen) atoms. The van der Waals surface area contributed by atoms with Gasteiger partial charge in [-0.15, -0.1) is 0 Å². The lowest BCUT2D eigenvalue weighted by atomic mass is 10.1. The van der Waals surface area contributed by atoms with Gasteiger partial charge in [0.05, 0.1) is 12.6 Å². The number of nitrogens with one attached hydrogen (secondary N) is 3. The average Bonchev–Trinajstić information content (AvgIpc) is 2.70. The van der Waals surface area contributed by atoms with Crippen molar-refractivity contribution in [3.8, 4) is 0 Å². The van der Waals surface area contributed by atoms with Gasteiger partial charge in [-0.25, -0.2) is 4.79 Å². The van der Waals surface area contributed by atoms with Gasteiger partial charge in [-0.3, -0.25) is 24.2 Å². The molecule has 15 nitrogen and oxygen atoms in total. The van der Waals surface area contributed by atoms with Crippen molar-refractivity contribution in [2.75, 3.05) is 13.2 Å². The first-order valence-electron chi connectivity index (χ1n) is 9.66. The zero-order valence-electron chi connectivity index (χ0n) is 17.6. The monoisotopic (exact) mass is 461 g/mol. The maximum absolute atomic E-state index is 12.5. The standard InChI is InChI=1S/C17H31N7O8/c1-8(18)13(28)22-9(4-5-12(26)27)14(29)24-11(7-25)15(30)23-10(16(31)32)3-2-6-21-17(19)20/h8-11,25H,2-7,18H2,1H3,(H,22,28)(H,23,30)(H,24,29)(H,26,27)(H,31,32)(H4,19,20,21). The summed E-state index contributed by atoms with van der Waals surface area (Å²) >= 11 is 0. The van der Waals surface area contributed by atoms with Gasteiger partial charge < -0.3 is 48.5 Å². The van der Waals surface area contributed by atoms with Crippen LogP contribution in [0.4, 0.5) is 0 Å². The van der Waals surface area contributed by atoms with Crippen molar-refractivity contribution in [3.05, 3.63) is 0 Å². The number of aliphatic hydroxyl groups is 1. The fourth-order valence-electron chi connectivity index (χ4n) is 2.34. The summed E-state index contributed by atoms with van der Waals surface area (Å²) in [6.45, 7) is 0.599. The normalized spacial score (nSPS) is 14.2. The molecule has 0 fully saturated rings. The van der Waals surface area contributed by atoms with Gasteiger partial charge in [-0.2, -0.15) is 0 Å². The molecule has 0 saturated carbocycles. The number of aliphatic carboxylic acids is 2. The zero-order chi connectivity index (χ0) is 24.8. The topological polar surface area (TPSA) is 273 Å². The molecule has 0 rings (SSSR count). The molecule has 0 aromatic rings. The van der Waals surface area contributed by atoms with E-state index in [1.54, 1.807) is 0 Å². The molecule has 0 aromatic carbocycles. The van der Waals surface area contributed by atoms with Gasteiger partial charge in [0.25, 0.3) is 0 Å². The number of carboxylic acid groups (broad SMARTS) is 2. The fraction of sp³-hybridized carbons (Fsp3) is 0.647. The Bertz CT molecular complexity index is 709. The van der Waals surface area contributed by atoms with Crippen LogP contribution in [0, 0.1) is 0 Å². The second kappa shape index (κ2) is 14.5. The van der Waals surface area contributed by atoms with Crippen molar-refractivity contribution in [2.24, 2.45) is 22.2 Å². The highest BCUT2D eigenvalue weighted by molar-refractivity contribution is 5.94. The molecule has 0 aliphatic heterocycles. The van der Waals surface area contributed by atoms with Crippen molar-refractivity contribution in [1.29, 1.82) is 0 Å². The van der Waals surface area contributed by atoms with E-state index in [2.05, 4.69) is 20.9 Å². The Labute approximate surface area is 183 Å². The van der Waals surface area contributed by atoms with E-state index in [-0.39, 0.29) is 31.8 Å². The summed E-state index contributed by atoms with van der Waals surface area (Å²) < 4.78 is 0. The molecule has 182 valence electrons. The molecule has 3 amide bonds. The van der Waals surface area contributed by atoms with Crippen LogP contribution in [-0.4, -0.2) is 88.3 Å². The SMILES string of the molecule is CC(N)C(=O)NC(CCC(=O)O)C(=O)NC(CO)C(=O)NC(CCCN=C(N)N)C(=O)O. The summed E-state index contributed by atoms with van der Waals surface area (Å²) in [5, 5.41) is 34.2.